The summed E-state index contributed by atoms with van der Waals surface area (Å²) in [5, 5.41) is 35.0. The first-order valence-corrected chi connectivity index (χ1v) is 5.27. The Morgan fingerprint density at radius 1 is 1.08 bits per heavy atom. The summed E-state index contributed by atoms with van der Waals surface area (Å²) in [7, 11) is -4.43. The van der Waals surface area contributed by atoms with Crippen molar-refractivity contribution in [3.8, 4) is 0 Å². The smallest absolute Gasteiger partial charge is 0.328 e. The highest BCUT2D eigenvalue weighted by molar-refractivity contribution is 7.51. The van der Waals surface area contributed by atoms with Crippen LogP contribution in [0.2, 0.25) is 0 Å². The Bertz CT molecular complexity index is 189. The minimum atomic E-state index is -4.43. The molecule has 13 heavy (non-hydrogen) atoms. The van der Waals surface area contributed by atoms with Crippen molar-refractivity contribution in [3.05, 3.63) is 0 Å². The molecule has 0 fully saturated rings. The van der Waals surface area contributed by atoms with E-state index in [4.69, 9.17) is 30.2 Å². The number of rotatable bonds is 5. The van der Waals surface area contributed by atoms with Gasteiger partial charge in [-0.15, -0.1) is 0 Å². The van der Waals surface area contributed by atoms with E-state index >= 15 is 0 Å². The number of hydrogen-bond acceptors (Lipinski definition) is 5. The van der Waals surface area contributed by atoms with Crippen LogP contribution in [-0.2, 0) is 4.57 Å². The van der Waals surface area contributed by atoms with Crippen LogP contribution in [0.5, 0.6) is 0 Å². The number of aliphatic hydroxyl groups is 4. The molecule has 0 aliphatic heterocycles. The molecule has 0 amide bonds. The van der Waals surface area contributed by atoms with Crippen LogP contribution in [-0.4, -0.2) is 61.3 Å². The van der Waals surface area contributed by atoms with Gasteiger partial charge in [-0.25, -0.2) is 0 Å². The molecule has 6 N–H and O–H groups in total. The van der Waals surface area contributed by atoms with Gasteiger partial charge in [0.15, 0.2) is 0 Å². The second-order valence-electron chi connectivity index (χ2n) is 2.66. The van der Waals surface area contributed by atoms with Gasteiger partial charge in [-0.3, -0.25) is 4.57 Å². The van der Waals surface area contributed by atoms with E-state index in [1.165, 1.54) is 0 Å². The predicted octanol–water partition coefficient (Wildman–Crippen LogP) is -2.76. The lowest BCUT2D eigenvalue weighted by atomic mass is 10.1. The topological polar surface area (TPSA) is 138 Å². The van der Waals surface area contributed by atoms with Crippen molar-refractivity contribution in [3.63, 3.8) is 0 Å². The normalized spacial score (nSPS) is 19.5. The summed E-state index contributed by atoms with van der Waals surface area (Å²) in [6.07, 6.45) is -6.09. The zero-order valence-electron chi connectivity index (χ0n) is 6.69. The quantitative estimate of drug-likeness (QED) is 0.274. The van der Waals surface area contributed by atoms with E-state index in [1.54, 1.807) is 0 Å². The van der Waals surface area contributed by atoms with Crippen LogP contribution in [0, 0.1) is 0 Å². The van der Waals surface area contributed by atoms with Crippen LogP contribution >= 0.6 is 7.60 Å². The van der Waals surface area contributed by atoms with E-state index in [1.807, 2.05) is 0 Å². The summed E-state index contributed by atoms with van der Waals surface area (Å²) >= 11 is 0. The Hall–Kier alpha value is -0.0100. The largest absolute Gasteiger partial charge is 0.394 e. The predicted molar refractivity (Wildman–Crippen MR) is 42.0 cm³/mol. The van der Waals surface area contributed by atoms with Crippen molar-refractivity contribution in [1.82, 2.24) is 0 Å². The first kappa shape index (κ1) is 13.0. The maximum atomic E-state index is 10.3. The van der Waals surface area contributed by atoms with E-state index in [0.29, 0.717) is 0 Å². The standard InChI is InChI=1S/C5H13O7P/c6-1-3(7)5(9)4(8)2-13(10,11)12/h3-9H,1-2H2,(H2,10,11,12)/t3-,4?,5-/m0/s1. The van der Waals surface area contributed by atoms with Gasteiger partial charge in [-0.2, -0.15) is 0 Å². The summed E-state index contributed by atoms with van der Waals surface area (Å²) in [5.74, 6) is 0. The molecule has 0 aromatic carbocycles. The molecule has 3 atom stereocenters. The fraction of sp³-hybridized carbons (Fsp3) is 1.00. The summed E-state index contributed by atoms with van der Waals surface area (Å²) in [6.45, 7) is -0.792. The average molecular weight is 216 g/mol. The third-order valence-corrected chi connectivity index (χ3v) is 2.25. The van der Waals surface area contributed by atoms with Crippen molar-refractivity contribution in [2.45, 2.75) is 18.3 Å². The maximum Gasteiger partial charge on any atom is 0.328 e. The molecule has 0 aromatic rings. The van der Waals surface area contributed by atoms with E-state index < -0.39 is 38.7 Å². The van der Waals surface area contributed by atoms with Gasteiger partial charge in [0.05, 0.1) is 18.9 Å². The summed E-state index contributed by atoms with van der Waals surface area (Å²) in [5.41, 5.74) is 0. The molecule has 0 rings (SSSR count). The summed E-state index contributed by atoms with van der Waals surface area (Å²) < 4.78 is 10.3. The third-order valence-electron chi connectivity index (χ3n) is 1.40. The zero-order chi connectivity index (χ0) is 10.6. The fourth-order valence-electron chi connectivity index (χ4n) is 0.716. The van der Waals surface area contributed by atoms with Crippen molar-refractivity contribution < 1.29 is 34.8 Å². The maximum absolute atomic E-state index is 10.3. The Morgan fingerprint density at radius 2 is 1.54 bits per heavy atom. The molecule has 7 nitrogen and oxygen atoms in total. The monoisotopic (exact) mass is 216 g/mol. The van der Waals surface area contributed by atoms with Crippen LogP contribution in [0.1, 0.15) is 0 Å². The highest BCUT2D eigenvalue weighted by Crippen LogP contribution is 2.35. The van der Waals surface area contributed by atoms with Crippen LogP contribution in [0.15, 0.2) is 0 Å². The lowest BCUT2D eigenvalue weighted by molar-refractivity contribution is -0.0697. The Labute approximate surface area is 74.4 Å². The lowest BCUT2D eigenvalue weighted by Crippen LogP contribution is -2.41. The van der Waals surface area contributed by atoms with Crippen molar-refractivity contribution in [2.75, 3.05) is 12.8 Å². The molecule has 8 heteroatoms. The molecule has 0 heterocycles. The second kappa shape index (κ2) is 5.02. The van der Waals surface area contributed by atoms with E-state index in [9.17, 15) is 4.57 Å². The van der Waals surface area contributed by atoms with Gasteiger partial charge in [-0.1, -0.05) is 0 Å². The SMILES string of the molecule is O=P(O)(O)CC(O)[C@@H](O)[C@@H](O)CO. The third kappa shape index (κ3) is 5.33. The second-order valence-corrected chi connectivity index (χ2v) is 4.35. The molecule has 0 saturated carbocycles. The van der Waals surface area contributed by atoms with E-state index in [-0.39, 0.29) is 0 Å². The average Bonchev–Trinajstić information content (AvgIpc) is 1.98. The van der Waals surface area contributed by atoms with Crippen molar-refractivity contribution in [1.29, 1.82) is 0 Å². The highest BCUT2D eigenvalue weighted by atomic mass is 31.2. The van der Waals surface area contributed by atoms with Gasteiger partial charge in [0, 0.05) is 0 Å². The van der Waals surface area contributed by atoms with Gasteiger partial charge in [-0.05, 0) is 0 Å². The van der Waals surface area contributed by atoms with Crippen LogP contribution in [0.3, 0.4) is 0 Å². The molecule has 1 unspecified atom stereocenters. The number of hydrogen-bond donors (Lipinski definition) is 6. The molecular formula is C5H13O7P. The molecule has 0 aromatic heterocycles. The van der Waals surface area contributed by atoms with E-state index in [2.05, 4.69) is 0 Å². The number of aliphatic hydroxyl groups excluding tert-OH is 4. The van der Waals surface area contributed by atoms with Crippen molar-refractivity contribution >= 4 is 7.60 Å². The Kier molecular flexibility index (Phi) is 5.01. The van der Waals surface area contributed by atoms with Crippen LogP contribution in [0.4, 0.5) is 0 Å². The fourth-order valence-corrected chi connectivity index (χ4v) is 1.42. The minimum absolute atomic E-state index is 0.792. The zero-order valence-corrected chi connectivity index (χ0v) is 7.58. The van der Waals surface area contributed by atoms with Gasteiger partial charge < -0.3 is 30.2 Å². The van der Waals surface area contributed by atoms with Crippen molar-refractivity contribution in [2.24, 2.45) is 0 Å². The molecule has 0 aliphatic carbocycles. The van der Waals surface area contributed by atoms with Crippen LogP contribution in [0.25, 0.3) is 0 Å². The molecule has 0 radical (unpaired) electrons. The first-order chi connectivity index (χ1) is 5.78. The van der Waals surface area contributed by atoms with Gasteiger partial charge in [0.25, 0.3) is 0 Å². The molecule has 0 saturated heterocycles. The Morgan fingerprint density at radius 3 is 1.85 bits per heavy atom. The van der Waals surface area contributed by atoms with Gasteiger partial charge >= 0.3 is 7.60 Å². The minimum Gasteiger partial charge on any atom is -0.394 e. The highest BCUT2D eigenvalue weighted by Gasteiger charge is 2.29. The summed E-state index contributed by atoms with van der Waals surface area (Å²) in [6, 6.07) is 0. The Balaban J connectivity index is 4.11. The molecule has 0 spiro atoms. The van der Waals surface area contributed by atoms with Gasteiger partial charge in [0.1, 0.15) is 12.2 Å². The molecule has 0 aliphatic rings. The van der Waals surface area contributed by atoms with Gasteiger partial charge in [0.2, 0.25) is 0 Å². The lowest BCUT2D eigenvalue weighted by Gasteiger charge is -2.21. The molecular weight excluding hydrogens is 203 g/mol. The molecule has 0 bridgehead atoms. The van der Waals surface area contributed by atoms with E-state index in [0.717, 1.165) is 0 Å². The summed E-state index contributed by atoms with van der Waals surface area (Å²) in [4.78, 5) is 16.8. The van der Waals surface area contributed by atoms with Crippen LogP contribution < -0.4 is 0 Å². The first-order valence-electron chi connectivity index (χ1n) is 3.47. The molecule has 80 valence electrons.